The molecule has 0 spiro atoms. The van der Waals surface area contributed by atoms with Gasteiger partial charge >= 0.3 is 6.18 Å². The van der Waals surface area contributed by atoms with Gasteiger partial charge in [-0.05, 0) is 36.4 Å². The third-order valence-electron chi connectivity index (χ3n) is 2.67. The van der Waals surface area contributed by atoms with Crippen LogP contribution in [0.2, 0.25) is 0 Å². The zero-order valence-electron chi connectivity index (χ0n) is 10.5. The summed E-state index contributed by atoms with van der Waals surface area (Å²) in [5.41, 5.74) is -0.608. The van der Waals surface area contributed by atoms with Crippen LogP contribution < -0.4 is 4.74 Å². The van der Waals surface area contributed by atoms with E-state index in [0.717, 1.165) is 24.3 Å². The standard InChI is InChI=1S/C15H7F3N2O/c16-15(17,18)11-4-6-12(7-5-11)21-14-3-1-2-10(8-19)13(14)9-20/h1-7H. The predicted octanol–water partition coefficient (Wildman–Crippen LogP) is 4.24. The summed E-state index contributed by atoms with van der Waals surface area (Å²) in [4.78, 5) is 0. The largest absolute Gasteiger partial charge is 0.456 e. The van der Waals surface area contributed by atoms with E-state index < -0.39 is 11.7 Å². The Balaban J connectivity index is 2.32. The molecule has 21 heavy (non-hydrogen) atoms. The summed E-state index contributed by atoms with van der Waals surface area (Å²) in [6, 6.07) is 12.2. The molecule has 0 heterocycles. The van der Waals surface area contributed by atoms with E-state index in [1.807, 2.05) is 12.1 Å². The van der Waals surface area contributed by atoms with Crippen LogP contribution in [0.5, 0.6) is 11.5 Å². The topological polar surface area (TPSA) is 56.8 Å². The number of ether oxygens (including phenoxy) is 1. The van der Waals surface area contributed by atoms with Crippen LogP contribution in [-0.4, -0.2) is 0 Å². The van der Waals surface area contributed by atoms with Crippen molar-refractivity contribution in [2.24, 2.45) is 0 Å². The van der Waals surface area contributed by atoms with Gasteiger partial charge in [-0.25, -0.2) is 0 Å². The fourth-order valence-electron chi connectivity index (χ4n) is 1.66. The Bertz CT molecular complexity index is 737. The highest BCUT2D eigenvalue weighted by Gasteiger charge is 2.30. The zero-order chi connectivity index (χ0) is 15.5. The van der Waals surface area contributed by atoms with Crippen LogP contribution in [0.15, 0.2) is 42.5 Å². The van der Waals surface area contributed by atoms with Gasteiger partial charge < -0.3 is 4.74 Å². The number of benzene rings is 2. The lowest BCUT2D eigenvalue weighted by Crippen LogP contribution is -2.04. The molecule has 0 saturated heterocycles. The molecule has 6 heteroatoms. The average Bonchev–Trinajstić information content (AvgIpc) is 2.46. The molecule has 0 amide bonds. The highest BCUT2D eigenvalue weighted by Crippen LogP contribution is 2.32. The summed E-state index contributed by atoms with van der Waals surface area (Å²) < 4.78 is 42.7. The van der Waals surface area contributed by atoms with Crippen molar-refractivity contribution in [2.45, 2.75) is 6.18 Å². The maximum atomic E-state index is 12.4. The SMILES string of the molecule is N#Cc1cccc(Oc2ccc(C(F)(F)F)cc2)c1C#N. The maximum absolute atomic E-state index is 12.4. The minimum absolute atomic E-state index is 0.0416. The van der Waals surface area contributed by atoms with Gasteiger partial charge in [-0.3, -0.25) is 0 Å². The fraction of sp³-hybridized carbons (Fsp3) is 0.0667. The second-order valence-corrected chi connectivity index (χ2v) is 4.03. The van der Waals surface area contributed by atoms with Gasteiger partial charge in [-0.1, -0.05) is 6.07 Å². The first-order valence-corrected chi connectivity index (χ1v) is 5.74. The van der Waals surface area contributed by atoms with Gasteiger partial charge in [0.1, 0.15) is 29.2 Å². The van der Waals surface area contributed by atoms with Crippen LogP contribution >= 0.6 is 0 Å². The lowest BCUT2D eigenvalue weighted by atomic mass is 10.1. The van der Waals surface area contributed by atoms with Crippen molar-refractivity contribution in [3.8, 4) is 23.6 Å². The fourth-order valence-corrected chi connectivity index (χ4v) is 1.66. The van der Waals surface area contributed by atoms with Gasteiger partial charge in [0, 0.05) is 0 Å². The van der Waals surface area contributed by atoms with E-state index in [2.05, 4.69) is 0 Å². The minimum Gasteiger partial charge on any atom is -0.456 e. The smallest absolute Gasteiger partial charge is 0.416 e. The van der Waals surface area contributed by atoms with Gasteiger partial charge in [0.2, 0.25) is 0 Å². The van der Waals surface area contributed by atoms with Gasteiger partial charge in [-0.2, -0.15) is 23.7 Å². The molecule has 104 valence electrons. The first-order chi connectivity index (χ1) is 9.95. The molecule has 0 aliphatic carbocycles. The van der Waals surface area contributed by atoms with Gasteiger partial charge in [0.25, 0.3) is 0 Å². The van der Waals surface area contributed by atoms with E-state index in [0.29, 0.717) is 0 Å². The number of halogens is 3. The number of hydrogen-bond acceptors (Lipinski definition) is 3. The van der Waals surface area contributed by atoms with Crippen molar-refractivity contribution in [1.82, 2.24) is 0 Å². The van der Waals surface area contributed by atoms with E-state index in [-0.39, 0.29) is 22.6 Å². The lowest BCUT2D eigenvalue weighted by Gasteiger charge is -2.10. The number of alkyl halides is 3. The highest BCUT2D eigenvalue weighted by molar-refractivity contribution is 5.55. The van der Waals surface area contributed by atoms with E-state index in [1.165, 1.54) is 18.2 Å². The number of nitriles is 2. The van der Waals surface area contributed by atoms with Crippen LogP contribution in [0.1, 0.15) is 16.7 Å². The molecule has 0 fully saturated rings. The maximum Gasteiger partial charge on any atom is 0.416 e. The summed E-state index contributed by atoms with van der Waals surface area (Å²) >= 11 is 0. The van der Waals surface area contributed by atoms with E-state index in [4.69, 9.17) is 15.3 Å². The lowest BCUT2D eigenvalue weighted by molar-refractivity contribution is -0.137. The monoisotopic (exact) mass is 288 g/mol. The summed E-state index contributed by atoms with van der Waals surface area (Å²) in [6.45, 7) is 0. The van der Waals surface area contributed by atoms with Crippen LogP contribution in [-0.2, 0) is 6.18 Å². The molecule has 0 aliphatic rings. The molecule has 2 aromatic rings. The molecule has 2 rings (SSSR count). The molecule has 0 radical (unpaired) electrons. The molecule has 0 N–H and O–H groups in total. The molecule has 0 aromatic heterocycles. The first kappa shape index (κ1) is 14.4. The van der Waals surface area contributed by atoms with Crippen molar-refractivity contribution in [3.63, 3.8) is 0 Å². The second kappa shape index (κ2) is 5.56. The molecule has 0 unspecified atom stereocenters. The van der Waals surface area contributed by atoms with Gasteiger partial charge in [-0.15, -0.1) is 0 Å². The Kier molecular flexibility index (Phi) is 3.82. The average molecular weight is 288 g/mol. The third kappa shape index (κ3) is 3.13. The predicted molar refractivity (Wildman–Crippen MR) is 67.4 cm³/mol. The van der Waals surface area contributed by atoms with Crippen molar-refractivity contribution in [2.75, 3.05) is 0 Å². The Morgan fingerprint density at radius 1 is 0.905 bits per heavy atom. The molecular weight excluding hydrogens is 281 g/mol. The van der Waals surface area contributed by atoms with Crippen LogP contribution in [0, 0.1) is 22.7 Å². The van der Waals surface area contributed by atoms with Crippen molar-refractivity contribution >= 4 is 0 Å². The van der Waals surface area contributed by atoms with E-state index in [9.17, 15) is 13.2 Å². The summed E-state index contributed by atoms with van der Waals surface area (Å²) in [6.07, 6.45) is -4.42. The Labute approximate surface area is 118 Å². The summed E-state index contributed by atoms with van der Waals surface area (Å²) in [5.74, 6) is 0.269. The molecule has 2 aromatic carbocycles. The molecule has 0 atom stereocenters. The van der Waals surface area contributed by atoms with Gasteiger partial charge in [0.15, 0.2) is 0 Å². The van der Waals surface area contributed by atoms with E-state index >= 15 is 0 Å². The summed E-state index contributed by atoms with van der Waals surface area (Å²) in [7, 11) is 0. The minimum atomic E-state index is -4.42. The Hall–Kier alpha value is -2.99. The quantitative estimate of drug-likeness (QED) is 0.830. The van der Waals surface area contributed by atoms with Crippen LogP contribution in [0.3, 0.4) is 0 Å². The highest BCUT2D eigenvalue weighted by atomic mass is 19.4. The van der Waals surface area contributed by atoms with Crippen molar-refractivity contribution in [1.29, 1.82) is 10.5 Å². The molecule has 3 nitrogen and oxygen atoms in total. The second-order valence-electron chi connectivity index (χ2n) is 4.03. The van der Waals surface area contributed by atoms with Gasteiger partial charge in [0.05, 0.1) is 11.1 Å². The molecule has 0 aliphatic heterocycles. The number of rotatable bonds is 2. The van der Waals surface area contributed by atoms with Crippen molar-refractivity contribution in [3.05, 3.63) is 59.2 Å². The Morgan fingerprint density at radius 2 is 1.57 bits per heavy atom. The number of nitrogens with zero attached hydrogens (tertiary/aromatic N) is 2. The zero-order valence-corrected chi connectivity index (χ0v) is 10.5. The molecule has 0 bridgehead atoms. The van der Waals surface area contributed by atoms with E-state index in [1.54, 1.807) is 0 Å². The van der Waals surface area contributed by atoms with Crippen molar-refractivity contribution < 1.29 is 17.9 Å². The summed E-state index contributed by atoms with van der Waals surface area (Å²) in [5, 5.41) is 17.9. The molecular formula is C15H7F3N2O. The third-order valence-corrected chi connectivity index (χ3v) is 2.67. The van der Waals surface area contributed by atoms with Crippen LogP contribution in [0.4, 0.5) is 13.2 Å². The Morgan fingerprint density at radius 3 is 2.10 bits per heavy atom. The van der Waals surface area contributed by atoms with Crippen LogP contribution in [0.25, 0.3) is 0 Å². The molecule has 0 saturated carbocycles. The normalized spacial score (nSPS) is 10.5. The number of hydrogen-bond donors (Lipinski definition) is 0. The first-order valence-electron chi connectivity index (χ1n) is 5.74.